The van der Waals surface area contributed by atoms with Gasteiger partial charge >= 0.3 is 0 Å². The van der Waals surface area contributed by atoms with Gasteiger partial charge in [0.15, 0.2) is 17.5 Å². The second-order valence-corrected chi connectivity index (χ2v) is 12.5. The molecule has 4 heteroatoms. The topological polar surface area (TPSA) is 51.8 Å². The third-order valence-corrected chi connectivity index (χ3v) is 9.47. The Morgan fingerprint density at radius 3 is 1.33 bits per heavy atom. The summed E-state index contributed by atoms with van der Waals surface area (Å²) in [5, 5.41) is 9.19. The predicted molar refractivity (Wildman–Crippen MR) is 201 cm³/mol. The van der Waals surface area contributed by atoms with E-state index in [0.717, 1.165) is 60.5 Å². The number of rotatable bonds is 4. The second-order valence-electron chi connectivity index (χ2n) is 12.5. The maximum Gasteiger partial charge on any atom is 0.164 e. The molecule has 0 radical (unpaired) electrons. The van der Waals surface area contributed by atoms with E-state index in [1.165, 1.54) is 21.5 Å². The van der Waals surface area contributed by atoms with Crippen LogP contribution in [-0.4, -0.2) is 15.0 Å². The van der Waals surface area contributed by atoms with E-state index in [0.29, 0.717) is 17.5 Å². The van der Waals surface area contributed by atoms with Crippen molar-refractivity contribution >= 4 is 54.3 Å². The summed E-state index contributed by atoms with van der Waals surface area (Å²) in [5.74, 6) is 1.85. The molecule has 0 spiro atoms. The lowest BCUT2D eigenvalue weighted by Crippen LogP contribution is -2.00. The largest absolute Gasteiger partial charge is 0.455 e. The molecule has 0 aliphatic carbocycles. The van der Waals surface area contributed by atoms with Crippen LogP contribution in [-0.2, 0) is 0 Å². The van der Waals surface area contributed by atoms with Crippen molar-refractivity contribution in [2.45, 2.75) is 0 Å². The number of hydrogen-bond acceptors (Lipinski definition) is 4. The average Bonchev–Trinajstić information content (AvgIpc) is 3.55. The van der Waals surface area contributed by atoms with Crippen LogP contribution in [0.1, 0.15) is 0 Å². The van der Waals surface area contributed by atoms with Gasteiger partial charge in [0.1, 0.15) is 11.2 Å². The zero-order chi connectivity index (χ0) is 32.3. The number of para-hydroxylation sites is 1. The van der Waals surface area contributed by atoms with Crippen molar-refractivity contribution < 1.29 is 4.42 Å². The van der Waals surface area contributed by atoms with E-state index in [-0.39, 0.29) is 0 Å². The van der Waals surface area contributed by atoms with Crippen LogP contribution < -0.4 is 0 Å². The number of furan rings is 1. The van der Waals surface area contributed by atoms with Gasteiger partial charge in [-0.25, -0.2) is 15.0 Å². The van der Waals surface area contributed by atoms with Gasteiger partial charge in [-0.1, -0.05) is 133 Å². The Morgan fingerprint density at radius 2 is 0.776 bits per heavy atom. The fourth-order valence-electron chi connectivity index (χ4n) is 6.94. The molecule has 228 valence electrons. The Balaban J connectivity index is 1.14. The summed E-state index contributed by atoms with van der Waals surface area (Å²) in [6, 6.07) is 57.0. The zero-order valence-electron chi connectivity index (χ0n) is 26.3. The molecule has 10 rings (SSSR count). The van der Waals surface area contributed by atoms with Crippen LogP contribution in [0.4, 0.5) is 0 Å². The van der Waals surface area contributed by atoms with Gasteiger partial charge in [0, 0.05) is 33.0 Å². The van der Waals surface area contributed by atoms with Crippen molar-refractivity contribution in [1.82, 2.24) is 15.0 Å². The lowest BCUT2D eigenvalue weighted by atomic mass is 9.99. The Morgan fingerprint density at radius 1 is 0.327 bits per heavy atom. The minimum Gasteiger partial charge on any atom is -0.455 e. The highest BCUT2D eigenvalue weighted by Crippen LogP contribution is 2.38. The molecule has 0 fully saturated rings. The fourth-order valence-corrected chi connectivity index (χ4v) is 6.94. The SMILES string of the molecule is c1ccc2cc(-c3nc(-c4ccc5ccccc5c4)nc(-c4ccc5c(c4)oc4c(-c6ccc7ccccc7c6)cccc45)n3)ccc2c1. The van der Waals surface area contributed by atoms with Crippen LogP contribution in [0.2, 0.25) is 0 Å². The van der Waals surface area contributed by atoms with Gasteiger partial charge in [-0.2, -0.15) is 0 Å². The molecule has 0 bridgehead atoms. The number of hydrogen-bond donors (Lipinski definition) is 0. The minimum atomic E-state index is 0.596. The van der Waals surface area contributed by atoms with Crippen LogP contribution in [0.25, 0.3) is 99.5 Å². The predicted octanol–water partition coefficient (Wildman–Crippen LogP) is 11.9. The summed E-state index contributed by atoms with van der Waals surface area (Å²) in [4.78, 5) is 15.2. The van der Waals surface area contributed by atoms with Gasteiger partial charge in [0.25, 0.3) is 0 Å². The fraction of sp³-hybridized carbons (Fsp3) is 0. The van der Waals surface area contributed by atoms with Gasteiger partial charge in [0.2, 0.25) is 0 Å². The molecule has 4 nitrogen and oxygen atoms in total. The molecular weight excluding hydrogens is 599 g/mol. The molecule has 0 unspecified atom stereocenters. The normalized spacial score (nSPS) is 11.7. The van der Waals surface area contributed by atoms with Crippen molar-refractivity contribution in [2.24, 2.45) is 0 Å². The Labute approximate surface area is 282 Å². The van der Waals surface area contributed by atoms with Crippen LogP contribution in [0.3, 0.4) is 0 Å². The summed E-state index contributed by atoms with van der Waals surface area (Å²) < 4.78 is 6.67. The first-order valence-electron chi connectivity index (χ1n) is 16.4. The molecule has 0 aliphatic rings. The Bertz CT molecular complexity index is 2810. The summed E-state index contributed by atoms with van der Waals surface area (Å²) >= 11 is 0. The molecule has 10 aromatic rings. The average molecular weight is 626 g/mol. The van der Waals surface area contributed by atoms with E-state index in [9.17, 15) is 0 Å². The van der Waals surface area contributed by atoms with Crippen molar-refractivity contribution in [2.75, 3.05) is 0 Å². The highest BCUT2D eigenvalue weighted by atomic mass is 16.3. The van der Waals surface area contributed by atoms with Gasteiger partial charge in [0.05, 0.1) is 0 Å². The van der Waals surface area contributed by atoms with Crippen LogP contribution >= 0.6 is 0 Å². The first-order chi connectivity index (χ1) is 24.2. The van der Waals surface area contributed by atoms with Crippen molar-refractivity contribution in [3.63, 3.8) is 0 Å². The van der Waals surface area contributed by atoms with E-state index < -0.39 is 0 Å². The van der Waals surface area contributed by atoms with Gasteiger partial charge in [-0.15, -0.1) is 0 Å². The monoisotopic (exact) mass is 625 g/mol. The summed E-state index contributed by atoms with van der Waals surface area (Å²) in [5.41, 5.74) is 6.60. The highest BCUT2D eigenvalue weighted by Gasteiger charge is 2.17. The third-order valence-electron chi connectivity index (χ3n) is 9.47. The van der Waals surface area contributed by atoms with E-state index in [2.05, 4.69) is 164 Å². The molecule has 2 aromatic heterocycles. The molecular formula is C45H27N3O. The highest BCUT2D eigenvalue weighted by molar-refractivity contribution is 6.10. The van der Waals surface area contributed by atoms with Crippen LogP contribution in [0.15, 0.2) is 168 Å². The minimum absolute atomic E-state index is 0.596. The Kier molecular flexibility index (Phi) is 6.15. The van der Waals surface area contributed by atoms with E-state index >= 15 is 0 Å². The quantitative estimate of drug-likeness (QED) is 0.195. The van der Waals surface area contributed by atoms with Crippen molar-refractivity contribution in [3.05, 3.63) is 164 Å². The van der Waals surface area contributed by atoms with E-state index in [1.54, 1.807) is 0 Å². The smallest absolute Gasteiger partial charge is 0.164 e. The second kappa shape index (κ2) is 11.0. The van der Waals surface area contributed by atoms with E-state index in [4.69, 9.17) is 19.4 Å². The third kappa shape index (κ3) is 4.73. The molecule has 0 amide bonds. The molecule has 0 N–H and O–H groups in total. The van der Waals surface area contributed by atoms with E-state index in [1.807, 2.05) is 0 Å². The summed E-state index contributed by atoms with van der Waals surface area (Å²) in [6.07, 6.45) is 0. The zero-order valence-corrected chi connectivity index (χ0v) is 26.3. The molecule has 0 atom stereocenters. The number of aromatic nitrogens is 3. The summed E-state index contributed by atoms with van der Waals surface area (Å²) in [6.45, 7) is 0. The lowest BCUT2D eigenvalue weighted by Gasteiger charge is -2.10. The first-order valence-corrected chi connectivity index (χ1v) is 16.4. The van der Waals surface area contributed by atoms with Gasteiger partial charge < -0.3 is 4.42 Å². The van der Waals surface area contributed by atoms with Gasteiger partial charge in [-0.3, -0.25) is 0 Å². The maximum atomic E-state index is 6.67. The lowest BCUT2D eigenvalue weighted by molar-refractivity contribution is 0.670. The molecule has 0 saturated heterocycles. The molecule has 49 heavy (non-hydrogen) atoms. The van der Waals surface area contributed by atoms with Crippen LogP contribution in [0.5, 0.6) is 0 Å². The maximum absolute atomic E-state index is 6.67. The van der Waals surface area contributed by atoms with Crippen LogP contribution in [0, 0.1) is 0 Å². The molecule has 0 saturated carbocycles. The summed E-state index contributed by atoms with van der Waals surface area (Å²) in [7, 11) is 0. The Hall–Kier alpha value is -6.65. The number of nitrogens with zero attached hydrogens (tertiary/aromatic N) is 3. The molecule has 8 aromatic carbocycles. The van der Waals surface area contributed by atoms with Crippen molar-refractivity contribution in [3.8, 4) is 45.3 Å². The van der Waals surface area contributed by atoms with Gasteiger partial charge in [-0.05, 0) is 68.2 Å². The van der Waals surface area contributed by atoms with Crippen molar-refractivity contribution in [1.29, 1.82) is 0 Å². The first kappa shape index (κ1) is 27.5. The number of benzene rings is 8. The number of fused-ring (bicyclic) bond motifs is 6. The molecule has 2 heterocycles. The molecule has 0 aliphatic heterocycles. The standard InChI is InChI=1S/C45H27N3O/c1-4-11-31-24-34(19-16-28(31)8-1)38-14-7-15-40-39-23-22-37(27-41(39)49-42(38)40)45-47-43(35-20-17-29-9-2-5-12-32(29)25-35)46-44(48-45)36-21-18-30-10-3-6-13-33(30)26-36/h1-27H.